The lowest BCUT2D eigenvalue weighted by Crippen LogP contribution is -2.39. The molecule has 1 saturated heterocycles. The van der Waals surface area contributed by atoms with E-state index in [2.05, 4.69) is 24.1 Å². The molecule has 0 saturated carbocycles. The molecule has 3 aromatic rings. The molecule has 2 aliphatic heterocycles. The molecule has 2 aromatic heterocycles. The van der Waals surface area contributed by atoms with Crippen LogP contribution in [0.1, 0.15) is 49.0 Å². The van der Waals surface area contributed by atoms with Gasteiger partial charge in [0.15, 0.2) is 0 Å². The van der Waals surface area contributed by atoms with Crippen molar-refractivity contribution >= 4 is 26.7 Å². The van der Waals surface area contributed by atoms with Crippen LogP contribution < -0.4 is 9.46 Å². The van der Waals surface area contributed by atoms with Gasteiger partial charge in [-0.1, -0.05) is 6.42 Å². The number of anilines is 1. The number of aromatic nitrogens is 4. The van der Waals surface area contributed by atoms with Crippen LogP contribution in [0.4, 0.5) is 9.52 Å². The predicted molar refractivity (Wildman–Crippen MR) is 116 cm³/mol. The van der Waals surface area contributed by atoms with E-state index in [0.29, 0.717) is 24.3 Å². The van der Waals surface area contributed by atoms with Gasteiger partial charge in [0.05, 0.1) is 18.3 Å². The molecule has 1 fully saturated rings. The van der Waals surface area contributed by atoms with E-state index in [9.17, 15) is 8.42 Å². The van der Waals surface area contributed by atoms with Crippen LogP contribution in [0.25, 0.3) is 0 Å². The Morgan fingerprint density at radius 2 is 2.12 bits per heavy atom. The summed E-state index contributed by atoms with van der Waals surface area (Å²) in [7, 11) is -2.23. The number of piperidine rings is 1. The first-order valence-electron chi connectivity index (χ1n) is 10.4. The third kappa shape index (κ3) is 3.86. The molecule has 0 bridgehead atoms. The number of benzene rings is 1. The van der Waals surface area contributed by atoms with Gasteiger partial charge in [-0.25, -0.2) is 17.8 Å². The fourth-order valence-electron chi connectivity index (χ4n) is 4.67. The normalized spacial score (nSPS) is 21.7. The molecule has 32 heavy (non-hydrogen) atoms. The quantitative estimate of drug-likeness (QED) is 0.600. The molecule has 0 spiro atoms. The molecule has 2 atom stereocenters. The van der Waals surface area contributed by atoms with E-state index in [1.165, 1.54) is 18.5 Å². The van der Waals surface area contributed by atoms with Crippen molar-refractivity contribution in [2.75, 3.05) is 17.9 Å². The number of fused-ring (bicyclic) bond motifs is 1. The van der Waals surface area contributed by atoms with Crippen molar-refractivity contribution in [2.45, 2.75) is 42.7 Å². The van der Waals surface area contributed by atoms with E-state index in [1.807, 2.05) is 17.8 Å². The maximum Gasteiger partial charge on any atom is 0.266 e. The lowest BCUT2D eigenvalue weighted by Gasteiger charge is -2.43. The number of hydrogen-bond donors (Lipinski definition) is 1. The Balaban J connectivity index is 1.50. The number of aryl methyl sites for hydroxylation is 1. The second-order valence-corrected chi connectivity index (χ2v) is 10.4. The summed E-state index contributed by atoms with van der Waals surface area (Å²) in [4.78, 5) is 5.73. The van der Waals surface area contributed by atoms with Gasteiger partial charge in [-0.15, -0.1) is 0 Å². The smallest absolute Gasteiger partial charge is 0.266 e. The Morgan fingerprint density at radius 1 is 1.25 bits per heavy atom. The summed E-state index contributed by atoms with van der Waals surface area (Å²) < 4.78 is 54.3. The number of nitrogens with one attached hydrogen (secondary N) is 1. The Kier molecular flexibility index (Phi) is 5.59. The van der Waals surface area contributed by atoms with Crippen LogP contribution in [-0.2, 0) is 17.1 Å². The van der Waals surface area contributed by atoms with E-state index in [0.717, 1.165) is 43.0 Å². The minimum Gasteiger partial charge on any atom is -0.493 e. The molecule has 0 amide bonds. The van der Waals surface area contributed by atoms with Gasteiger partial charge in [0, 0.05) is 48.9 Å². The van der Waals surface area contributed by atoms with Crippen molar-refractivity contribution in [2.24, 2.45) is 7.05 Å². The third-order valence-electron chi connectivity index (χ3n) is 6.09. The van der Waals surface area contributed by atoms with Gasteiger partial charge in [-0.2, -0.15) is 9.47 Å². The van der Waals surface area contributed by atoms with Gasteiger partial charge in [-0.05, 0) is 31.5 Å². The molecule has 0 radical (unpaired) electrons. The summed E-state index contributed by atoms with van der Waals surface area (Å²) >= 11 is 0.879. The van der Waals surface area contributed by atoms with Crippen molar-refractivity contribution in [3.05, 3.63) is 47.8 Å². The van der Waals surface area contributed by atoms with Crippen LogP contribution in [0, 0.1) is 5.82 Å². The van der Waals surface area contributed by atoms with Crippen LogP contribution in [0.3, 0.4) is 0 Å². The molecular weight excluding hydrogens is 455 g/mol. The number of nitrogens with zero attached hydrogens (tertiary/aromatic N) is 5. The number of halogens is 1. The fraction of sp³-hybridized carbons (Fsp3) is 0.450. The van der Waals surface area contributed by atoms with Gasteiger partial charge >= 0.3 is 0 Å². The topological polar surface area (TPSA) is 102 Å². The van der Waals surface area contributed by atoms with Crippen LogP contribution in [0.15, 0.2) is 35.6 Å². The highest BCUT2D eigenvalue weighted by Crippen LogP contribution is 2.44. The number of rotatable bonds is 5. The Bertz CT molecular complexity index is 1210. The summed E-state index contributed by atoms with van der Waals surface area (Å²) in [5.74, 6) is -0.417. The fourth-order valence-corrected chi connectivity index (χ4v) is 6.40. The molecule has 9 nitrogen and oxygen atoms in total. The zero-order chi connectivity index (χ0) is 22.3. The van der Waals surface area contributed by atoms with E-state index in [1.54, 1.807) is 6.20 Å². The molecule has 1 N–H and O–H groups in total. The monoisotopic (exact) mass is 478 g/mol. The Hall–Kier alpha value is -2.57. The first-order chi connectivity index (χ1) is 15.4. The maximum atomic E-state index is 15.1. The lowest BCUT2D eigenvalue weighted by atomic mass is 9.91. The van der Waals surface area contributed by atoms with Crippen LogP contribution in [0.2, 0.25) is 0 Å². The molecule has 2 aliphatic rings. The van der Waals surface area contributed by atoms with Crippen molar-refractivity contribution in [1.82, 2.24) is 24.0 Å². The molecule has 0 aliphatic carbocycles. The van der Waals surface area contributed by atoms with Crippen molar-refractivity contribution in [3.63, 3.8) is 0 Å². The molecule has 1 aromatic carbocycles. The number of sulfonamides is 1. The summed E-state index contributed by atoms with van der Waals surface area (Å²) in [5.41, 5.74) is 1.80. The zero-order valence-electron chi connectivity index (χ0n) is 17.4. The molecule has 0 unspecified atom stereocenters. The highest BCUT2D eigenvalue weighted by Gasteiger charge is 2.36. The highest BCUT2D eigenvalue weighted by atomic mass is 32.2. The first-order valence-corrected chi connectivity index (χ1v) is 12.7. The number of hydrogen-bond acceptors (Lipinski definition) is 8. The van der Waals surface area contributed by atoms with Crippen LogP contribution in [0.5, 0.6) is 5.75 Å². The second-order valence-electron chi connectivity index (χ2n) is 7.95. The molecule has 5 rings (SSSR count). The van der Waals surface area contributed by atoms with E-state index in [-0.39, 0.29) is 17.2 Å². The standard InChI is InChI=1S/C20H23FN6O3S2/c1-26-16(5-7-23-26)17-4-2-3-8-27(17)15-6-9-30-18-11-19(14(21)10-13(15)18)32(28,29)25-20-22-12-24-31-20/h5,7,10-12,15,17H,2-4,6,8-9H2,1H3,(H,22,24,25)/t15-,17+/m1/s1. The first kappa shape index (κ1) is 21.3. The van der Waals surface area contributed by atoms with Crippen LogP contribution >= 0.6 is 11.5 Å². The summed E-state index contributed by atoms with van der Waals surface area (Å²) in [6.07, 6.45) is 6.90. The Morgan fingerprint density at radius 3 is 2.88 bits per heavy atom. The molecule has 170 valence electrons. The summed E-state index contributed by atoms with van der Waals surface area (Å²) in [5, 5.41) is 4.40. The summed E-state index contributed by atoms with van der Waals surface area (Å²) in [6.45, 7) is 1.31. The predicted octanol–water partition coefficient (Wildman–Crippen LogP) is 3.26. The van der Waals surface area contributed by atoms with Crippen molar-refractivity contribution in [1.29, 1.82) is 0 Å². The average Bonchev–Trinajstić information content (AvgIpc) is 3.44. The minimum atomic E-state index is -4.16. The van der Waals surface area contributed by atoms with E-state index >= 15 is 4.39 Å². The molecule has 4 heterocycles. The highest BCUT2D eigenvalue weighted by molar-refractivity contribution is 7.93. The molecule has 12 heteroatoms. The van der Waals surface area contributed by atoms with Gasteiger partial charge in [0.1, 0.15) is 22.8 Å². The van der Waals surface area contributed by atoms with Gasteiger partial charge < -0.3 is 4.74 Å². The van der Waals surface area contributed by atoms with E-state index in [4.69, 9.17) is 4.74 Å². The summed E-state index contributed by atoms with van der Waals surface area (Å²) in [6, 6.07) is 4.71. The van der Waals surface area contributed by atoms with Gasteiger partial charge in [-0.3, -0.25) is 14.3 Å². The lowest BCUT2D eigenvalue weighted by molar-refractivity contribution is 0.0626. The second kappa shape index (κ2) is 8.41. The van der Waals surface area contributed by atoms with Gasteiger partial charge in [0.25, 0.3) is 10.0 Å². The number of ether oxygens (including phenoxy) is 1. The molecular formula is C20H23FN6O3S2. The largest absolute Gasteiger partial charge is 0.493 e. The van der Waals surface area contributed by atoms with Crippen molar-refractivity contribution < 1.29 is 17.5 Å². The van der Waals surface area contributed by atoms with E-state index < -0.39 is 20.7 Å². The maximum absolute atomic E-state index is 15.1. The van der Waals surface area contributed by atoms with Gasteiger partial charge in [0.2, 0.25) is 5.13 Å². The average molecular weight is 479 g/mol. The SMILES string of the molecule is Cn1nccc1[C@@H]1CCCCN1[C@@H]1CCOc2cc(S(=O)(=O)Nc3ncns3)c(F)cc21. The van der Waals surface area contributed by atoms with Crippen molar-refractivity contribution in [3.8, 4) is 5.75 Å². The third-order valence-corrected chi connectivity index (χ3v) is 8.15. The Labute approximate surface area is 189 Å². The minimum absolute atomic E-state index is 0.0682. The number of likely N-dealkylation sites (tertiary alicyclic amines) is 1. The van der Waals surface area contributed by atoms with Crippen LogP contribution in [-0.4, -0.2) is 45.6 Å². The zero-order valence-corrected chi connectivity index (χ0v) is 19.1.